The van der Waals surface area contributed by atoms with E-state index in [1.165, 1.54) is 28.8 Å². The molecule has 0 unspecified atom stereocenters. The van der Waals surface area contributed by atoms with E-state index in [0.29, 0.717) is 5.13 Å². The summed E-state index contributed by atoms with van der Waals surface area (Å²) < 4.78 is 0. The predicted octanol–water partition coefficient (Wildman–Crippen LogP) is 3.10. The average Bonchev–Trinajstić information content (AvgIpc) is 2.66. The Morgan fingerprint density at radius 2 is 2.05 bits per heavy atom. The molecule has 2 N–H and O–H groups in total. The number of anilines is 1. The summed E-state index contributed by atoms with van der Waals surface area (Å²) in [7, 11) is 0. The fourth-order valence-electron chi connectivity index (χ4n) is 2.52. The lowest BCUT2D eigenvalue weighted by Gasteiger charge is -2.19. The van der Waals surface area contributed by atoms with E-state index in [0.717, 1.165) is 19.6 Å². The number of fused-ring (bicyclic) bond motifs is 1. The maximum Gasteiger partial charge on any atom is 0.180 e. The second-order valence-corrected chi connectivity index (χ2v) is 5.89. The number of benzene rings is 1. The molecular weight excluding hydrogens is 278 g/mol. The molecule has 0 radical (unpaired) electrons. The number of nitrogens with two attached hydrogens (primary N) is 1. The summed E-state index contributed by atoms with van der Waals surface area (Å²) in [6.07, 6.45) is 4.32. The van der Waals surface area contributed by atoms with Gasteiger partial charge in [-0.15, -0.1) is 23.7 Å². The molecule has 0 saturated heterocycles. The van der Waals surface area contributed by atoms with E-state index in [4.69, 9.17) is 5.73 Å². The molecule has 19 heavy (non-hydrogen) atoms. The molecule has 102 valence electrons. The predicted molar refractivity (Wildman–Crippen MR) is 82.7 cm³/mol. The zero-order valence-electron chi connectivity index (χ0n) is 10.7. The van der Waals surface area contributed by atoms with E-state index >= 15 is 0 Å². The Morgan fingerprint density at radius 3 is 2.79 bits per heavy atom. The lowest BCUT2D eigenvalue weighted by molar-refractivity contribution is 0.263. The Labute approximate surface area is 123 Å². The highest BCUT2D eigenvalue weighted by Gasteiger charge is 2.14. The molecule has 3 rings (SSSR count). The number of nitrogens with zero attached hydrogens (tertiary/aromatic N) is 2. The number of rotatable bonds is 2. The van der Waals surface area contributed by atoms with Crippen molar-refractivity contribution in [1.82, 2.24) is 9.88 Å². The van der Waals surface area contributed by atoms with Crippen molar-refractivity contribution in [3.63, 3.8) is 0 Å². The molecule has 2 aromatic rings. The van der Waals surface area contributed by atoms with Crippen LogP contribution in [0.2, 0.25) is 0 Å². The number of halogens is 1. The van der Waals surface area contributed by atoms with Gasteiger partial charge in [-0.2, -0.15) is 0 Å². The van der Waals surface area contributed by atoms with Gasteiger partial charge >= 0.3 is 0 Å². The van der Waals surface area contributed by atoms with Crippen LogP contribution in [-0.4, -0.2) is 16.4 Å². The first-order valence-corrected chi connectivity index (χ1v) is 7.12. The first-order valence-electron chi connectivity index (χ1n) is 6.30. The molecule has 2 heterocycles. The van der Waals surface area contributed by atoms with Crippen LogP contribution in [0.15, 0.2) is 30.5 Å². The van der Waals surface area contributed by atoms with Crippen molar-refractivity contribution in [1.29, 1.82) is 0 Å². The molecule has 1 aliphatic rings. The van der Waals surface area contributed by atoms with Gasteiger partial charge in [0.05, 0.1) is 0 Å². The number of thiazole rings is 1. The highest BCUT2D eigenvalue weighted by atomic mass is 35.5. The second-order valence-electron chi connectivity index (χ2n) is 4.75. The fraction of sp³-hybridized carbons (Fsp3) is 0.357. The van der Waals surface area contributed by atoms with E-state index in [1.54, 1.807) is 11.3 Å². The maximum absolute atomic E-state index is 5.68. The van der Waals surface area contributed by atoms with Crippen LogP contribution in [0.3, 0.4) is 0 Å². The summed E-state index contributed by atoms with van der Waals surface area (Å²) in [4.78, 5) is 7.86. The molecule has 5 heteroatoms. The second kappa shape index (κ2) is 6.37. The van der Waals surface area contributed by atoms with E-state index < -0.39 is 0 Å². The van der Waals surface area contributed by atoms with Crippen molar-refractivity contribution in [3.05, 3.63) is 46.5 Å². The third-order valence-electron chi connectivity index (χ3n) is 3.38. The van der Waals surface area contributed by atoms with Crippen LogP contribution in [0.4, 0.5) is 5.13 Å². The first-order chi connectivity index (χ1) is 8.81. The molecule has 3 nitrogen and oxygen atoms in total. The van der Waals surface area contributed by atoms with Crippen molar-refractivity contribution in [2.75, 3.05) is 12.3 Å². The number of hydrogen-bond donors (Lipinski definition) is 1. The normalized spacial score (nSPS) is 15.4. The third-order valence-corrected chi connectivity index (χ3v) is 4.19. The van der Waals surface area contributed by atoms with Gasteiger partial charge in [0.25, 0.3) is 0 Å². The van der Waals surface area contributed by atoms with Crippen molar-refractivity contribution in [2.45, 2.75) is 25.9 Å². The monoisotopic (exact) mass is 295 g/mol. The summed E-state index contributed by atoms with van der Waals surface area (Å²) in [5.74, 6) is 0. The third kappa shape index (κ3) is 3.47. The molecule has 0 aliphatic carbocycles. The van der Waals surface area contributed by atoms with Gasteiger partial charge in [0.2, 0.25) is 0 Å². The molecule has 0 atom stereocenters. The largest absolute Gasteiger partial charge is 0.375 e. The first kappa shape index (κ1) is 14.3. The molecule has 0 fully saturated rings. The zero-order chi connectivity index (χ0) is 12.4. The van der Waals surface area contributed by atoms with Gasteiger partial charge in [0.1, 0.15) is 0 Å². The van der Waals surface area contributed by atoms with Gasteiger partial charge in [-0.05, 0) is 30.5 Å². The van der Waals surface area contributed by atoms with Gasteiger partial charge in [-0.25, -0.2) is 4.98 Å². The summed E-state index contributed by atoms with van der Waals surface area (Å²) >= 11 is 1.59. The molecule has 0 amide bonds. The van der Waals surface area contributed by atoms with E-state index in [9.17, 15) is 0 Å². The number of nitrogen functional groups attached to an aromatic ring is 1. The number of aryl methyl sites for hydroxylation is 1. The Bertz CT molecular complexity index is 541. The van der Waals surface area contributed by atoms with Crippen LogP contribution in [0.1, 0.15) is 22.4 Å². The van der Waals surface area contributed by atoms with Gasteiger partial charge in [-0.3, -0.25) is 4.90 Å². The van der Waals surface area contributed by atoms with Crippen LogP contribution < -0.4 is 5.73 Å². The highest BCUT2D eigenvalue weighted by molar-refractivity contribution is 7.15. The van der Waals surface area contributed by atoms with Crippen LogP contribution in [0.25, 0.3) is 0 Å². The van der Waals surface area contributed by atoms with Crippen LogP contribution in [0, 0.1) is 0 Å². The molecule has 0 spiro atoms. The molecule has 0 bridgehead atoms. The molecule has 1 aromatic heterocycles. The lowest BCUT2D eigenvalue weighted by atomic mass is 10.0. The fourth-order valence-corrected chi connectivity index (χ4v) is 3.25. The average molecular weight is 296 g/mol. The smallest absolute Gasteiger partial charge is 0.180 e. The van der Waals surface area contributed by atoms with E-state index in [-0.39, 0.29) is 12.4 Å². The Morgan fingerprint density at radius 1 is 1.26 bits per heavy atom. The Hall–Kier alpha value is -1.10. The minimum Gasteiger partial charge on any atom is -0.375 e. The van der Waals surface area contributed by atoms with Gasteiger partial charge in [0, 0.05) is 24.2 Å². The van der Waals surface area contributed by atoms with Gasteiger partial charge in [-0.1, -0.05) is 24.3 Å². The van der Waals surface area contributed by atoms with Crippen LogP contribution in [0.5, 0.6) is 0 Å². The van der Waals surface area contributed by atoms with Crippen LogP contribution >= 0.6 is 23.7 Å². The topological polar surface area (TPSA) is 42.1 Å². The molecule has 1 aliphatic heterocycles. The summed E-state index contributed by atoms with van der Waals surface area (Å²) in [5, 5.41) is 0.667. The minimum atomic E-state index is 0. The Balaban J connectivity index is 0.00000133. The number of aromatic nitrogens is 1. The summed E-state index contributed by atoms with van der Waals surface area (Å²) in [5.41, 5.74) is 8.65. The maximum atomic E-state index is 5.68. The van der Waals surface area contributed by atoms with Crippen molar-refractivity contribution >= 4 is 28.9 Å². The molecule has 0 saturated carbocycles. The Kier molecular flexibility index (Phi) is 4.80. The van der Waals surface area contributed by atoms with Crippen LogP contribution in [-0.2, 0) is 19.5 Å². The van der Waals surface area contributed by atoms with E-state index in [2.05, 4.69) is 34.1 Å². The summed E-state index contributed by atoms with van der Waals surface area (Å²) in [6.45, 7) is 3.14. The quantitative estimate of drug-likeness (QED) is 0.926. The van der Waals surface area contributed by atoms with Crippen molar-refractivity contribution < 1.29 is 0 Å². The zero-order valence-corrected chi connectivity index (χ0v) is 12.3. The standard InChI is InChI=1S/C14H17N3S.ClH/c15-14-16-8-13(18-14)10-17-7-3-6-11-4-1-2-5-12(11)9-17;/h1-2,4-5,8H,3,6-7,9-10H2,(H2,15,16);1H. The van der Waals surface area contributed by atoms with E-state index in [1.807, 2.05) is 6.20 Å². The van der Waals surface area contributed by atoms with Gasteiger partial charge in [0.15, 0.2) is 5.13 Å². The minimum absolute atomic E-state index is 0. The van der Waals surface area contributed by atoms with Crippen molar-refractivity contribution in [3.8, 4) is 0 Å². The van der Waals surface area contributed by atoms with Crippen molar-refractivity contribution in [2.24, 2.45) is 0 Å². The summed E-state index contributed by atoms with van der Waals surface area (Å²) in [6, 6.07) is 8.77. The highest BCUT2D eigenvalue weighted by Crippen LogP contribution is 2.22. The SMILES string of the molecule is Cl.Nc1ncc(CN2CCCc3ccccc3C2)s1. The molecular formula is C14H18ClN3S. The van der Waals surface area contributed by atoms with Gasteiger partial charge < -0.3 is 5.73 Å². The number of hydrogen-bond acceptors (Lipinski definition) is 4. The molecule has 1 aromatic carbocycles. The lowest BCUT2D eigenvalue weighted by Crippen LogP contribution is -2.22.